The van der Waals surface area contributed by atoms with E-state index in [4.69, 9.17) is 0 Å². The largest absolute Gasteiger partial charge is 0.321 e. The van der Waals surface area contributed by atoms with Crippen LogP contribution in [0.4, 0.5) is 5.69 Å². The zero-order chi connectivity index (χ0) is 18.5. The number of hydrogen-bond acceptors (Lipinski definition) is 4. The van der Waals surface area contributed by atoms with Gasteiger partial charge in [0.1, 0.15) is 16.6 Å². The van der Waals surface area contributed by atoms with Crippen LogP contribution in [0, 0.1) is 25.2 Å². The highest BCUT2D eigenvalue weighted by Gasteiger charge is 2.12. The molecule has 26 heavy (non-hydrogen) atoms. The summed E-state index contributed by atoms with van der Waals surface area (Å²) in [5.41, 5.74) is 4.55. The van der Waals surface area contributed by atoms with E-state index in [1.807, 2.05) is 73.8 Å². The Balaban J connectivity index is 1.82. The van der Waals surface area contributed by atoms with Gasteiger partial charge in [-0.05, 0) is 37.1 Å². The summed E-state index contributed by atoms with van der Waals surface area (Å²) in [6.07, 6.45) is 1.53. The van der Waals surface area contributed by atoms with Crippen molar-refractivity contribution in [1.29, 1.82) is 5.26 Å². The first-order valence-electron chi connectivity index (χ1n) is 8.08. The summed E-state index contributed by atoms with van der Waals surface area (Å²) >= 11 is 1.40. The first-order chi connectivity index (χ1) is 12.6. The monoisotopic (exact) mass is 359 g/mol. The molecule has 1 N–H and O–H groups in total. The quantitative estimate of drug-likeness (QED) is 0.528. The van der Waals surface area contributed by atoms with Crippen LogP contribution in [0.15, 0.2) is 59.5 Å². The van der Waals surface area contributed by atoms with Gasteiger partial charge < -0.3 is 5.32 Å². The first-order valence-corrected chi connectivity index (χ1v) is 8.96. The van der Waals surface area contributed by atoms with Crippen LogP contribution >= 0.6 is 11.3 Å². The molecule has 5 heteroatoms. The summed E-state index contributed by atoms with van der Waals surface area (Å²) in [5, 5.41) is 14.7. The molecule has 1 heterocycles. The lowest BCUT2D eigenvalue weighted by molar-refractivity contribution is -0.112. The molecule has 0 unspecified atom stereocenters. The minimum atomic E-state index is -0.433. The highest BCUT2D eigenvalue weighted by Crippen LogP contribution is 2.23. The third-order valence-corrected chi connectivity index (χ3v) is 4.66. The summed E-state index contributed by atoms with van der Waals surface area (Å²) in [4.78, 5) is 17.0. The van der Waals surface area contributed by atoms with Gasteiger partial charge in [-0.15, -0.1) is 11.3 Å². The van der Waals surface area contributed by atoms with Crippen molar-refractivity contribution < 1.29 is 4.79 Å². The standard InChI is InChI=1S/C21H17N3OS/c1-14-8-9-15(2)18(10-14)24-21(25)17(12-22)11-20-23-19(13-26-20)16-6-4-3-5-7-16/h3-11,13H,1-2H3,(H,24,25)/b17-11-. The first kappa shape index (κ1) is 17.6. The Kier molecular flexibility index (Phi) is 5.26. The molecular weight excluding hydrogens is 342 g/mol. The lowest BCUT2D eigenvalue weighted by Gasteiger charge is -2.08. The van der Waals surface area contributed by atoms with E-state index in [9.17, 15) is 10.1 Å². The number of nitriles is 1. The van der Waals surface area contributed by atoms with Crippen molar-refractivity contribution in [2.45, 2.75) is 13.8 Å². The molecule has 0 aliphatic carbocycles. The molecule has 1 amide bonds. The molecule has 3 rings (SSSR count). The van der Waals surface area contributed by atoms with Gasteiger partial charge in [0.05, 0.1) is 5.69 Å². The Bertz CT molecular complexity index is 1010. The minimum absolute atomic E-state index is 0.0277. The van der Waals surface area contributed by atoms with Crippen molar-refractivity contribution in [3.05, 3.63) is 75.6 Å². The Morgan fingerprint density at radius 2 is 1.96 bits per heavy atom. The highest BCUT2D eigenvalue weighted by atomic mass is 32.1. The van der Waals surface area contributed by atoms with Crippen molar-refractivity contribution in [2.24, 2.45) is 0 Å². The molecule has 128 valence electrons. The molecular formula is C21H17N3OS. The normalized spacial score (nSPS) is 11.0. The fourth-order valence-corrected chi connectivity index (χ4v) is 3.19. The third kappa shape index (κ3) is 4.05. The van der Waals surface area contributed by atoms with Crippen LogP contribution in [0.3, 0.4) is 0 Å². The van der Waals surface area contributed by atoms with Gasteiger partial charge in [0.25, 0.3) is 5.91 Å². The second-order valence-corrected chi connectivity index (χ2v) is 6.77. The number of carbonyl (C=O) groups excluding carboxylic acids is 1. The molecule has 0 saturated heterocycles. The zero-order valence-electron chi connectivity index (χ0n) is 14.5. The average molecular weight is 359 g/mol. The molecule has 1 aromatic heterocycles. The highest BCUT2D eigenvalue weighted by molar-refractivity contribution is 7.10. The summed E-state index contributed by atoms with van der Waals surface area (Å²) < 4.78 is 0. The Morgan fingerprint density at radius 1 is 1.19 bits per heavy atom. The smallest absolute Gasteiger partial charge is 0.266 e. The third-order valence-electron chi connectivity index (χ3n) is 3.87. The van der Waals surface area contributed by atoms with E-state index in [1.54, 1.807) is 0 Å². The van der Waals surface area contributed by atoms with Gasteiger partial charge >= 0.3 is 0 Å². The maximum atomic E-state index is 12.5. The Morgan fingerprint density at radius 3 is 2.69 bits per heavy atom. The number of benzene rings is 2. The van der Waals surface area contributed by atoms with E-state index in [0.717, 1.165) is 22.4 Å². The number of aromatic nitrogens is 1. The predicted octanol–water partition coefficient (Wildman–Crippen LogP) is 4.97. The predicted molar refractivity (Wildman–Crippen MR) is 106 cm³/mol. The van der Waals surface area contributed by atoms with Crippen molar-refractivity contribution >= 4 is 29.0 Å². The van der Waals surface area contributed by atoms with Crippen LogP contribution in [0.5, 0.6) is 0 Å². The molecule has 2 aromatic carbocycles. The lowest BCUT2D eigenvalue weighted by Crippen LogP contribution is -2.14. The van der Waals surface area contributed by atoms with Crippen LogP contribution in [0.1, 0.15) is 16.1 Å². The lowest BCUT2D eigenvalue weighted by atomic mass is 10.1. The average Bonchev–Trinajstić information content (AvgIpc) is 3.12. The van der Waals surface area contributed by atoms with Crippen LogP contribution in [-0.4, -0.2) is 10.9 Å². The Labute approximate surface area is 156 Å². The van der Waals surface area contributed by atoms with E-state index in [0.29, 0.717) is 10.7 Å². The Hall–Kier alpha value is -3.23. The van der Waals surface area contributed by atoms with E-state index in [2.05, 4.69) is 10.3 Å². The SMILES string of the molecule is Cc1ccc(C)c(NC(=O)/C(C#N)=C\c2nc(-c3ccccc3)cs2)c1. The van der Waals surface area contributed by atoms with Crippen molar-refractivity contribution in [1.82, 2.24) is 4.98 Å². The van der Waals surface area contributed by atoms with Gasteiger partial charge in [-0.3, -0.25) is 4.79 Å². The number of hydrogen-bond donors (Lipinski definition) is 1. The second-order valence-electron chi connectivity index (χ2n) is 5.88. The van der Waals surface area contributed by atoms with Crippen LogP contribution in [0.25, 0.3) is 17.3 Å². The van der Waals surface area contributed by atoms with E-state index in [-0.39, 0.29) is 5.57 Å². The molecule has 0 aliphatic heterocycles. The maximum Gasteiger partial charge on any atom is 0.266 e. The van der Waals surface area contributed by atoms with Crippen LogP contribution in [-0.2, 0) is 4.79 Å². The summed E-state index contributed by atoms with van der Waals surface area (Å²) in [6.45, 7) is 3.87. The molecule has 0 fully saturated rings. The van der Waals surface area contributed by atoms with E-state index >= 15 is 0 Å². The molecule has 0 spiro atoms. The van der Waals surface area contributed by atoms with Crippen molar-refractivity contribution in [3.63, 3.8) is 0 Å². The summed E-state index contributed by atoms with van der Waals surface area (Å²) in [6, 6.07) is 17.6. The fraction of sp³-hybridized carbons (Fsp3) is 0.0952. The minimum Gasteiger partial charge on any atom is -0.321 e. The molecule has 3 aromatic rings. The van der Waals surface area contributed by atoms with Gasteiger partial charge in [-0.1, -0.05) is 42.5 Å². The topological polar surface area (TPSA) is 65.8 Å². The van der Waals surface area contributed by atoms with Gasteiger partial charge in [0.15, 0.2) is 0 Å². The van der Waals surface area contributed by atoms with Gasteiger partial charge in [0.2, 0.25) is 0 Å². The number of nitrogens with zero attached hydrogens (tertiary/aromatic N) is 2. The number of thiazole rings is 1. The number of amides is 1. The van der Waals surface area contributed by atoms with Crippen LogP contribution < -0.4 is 5.32 Å². The van der Waals surface area contributed by atoms with Crippen molar-refractivity contribution in [2.75, 3.05) is 5.32 Å². The van der Waals surface area contributed by atoms with Crippen LogP contribution in [0.2, 0.25) is 0 Å². The van der Waals surface area contributed by atoms with Gasteiger partial charge in [-0.25, -0.2) is 4.98 Å². The number of nitrogens with one attached hydrogen (secondary N) is 1. The molecule has 0 atom stereocenters. The number of anilines is 1. The molecule has 0 bridgehead atoms. The van der Waals surface area contributed by atoms with E-state index < -0.39 is 5.91 Å². The summed E-state index contributed by atoms with van der Waals surface area (Å²) in [7, 11) is 0. The molecule has 0 saturated carbocycles. The fourth-order valence-electron chi connectivity index (χ4n) is 2.43. The molecule has 4 nitrogen and oxygen atoms in total. The van der Waals surface area contributed by atoms with E-state index in [1.165, 1.54) is 17.4 Å². The van der Waals surface area contributed by atoms with Gasteiger partial charge in [-0.2, -0.15) is 5.26 Å². The summed E-state index contributed by atoms with van der Waals surface area (Å²) in [5.74, 6) is -0.433. The number of aryl methyl sites for hydroxylation is 2. The van der Waals surface area contributed by atoms with Crippen molar-refractivity contribution in [3.8, 4) is 17.3 Å². The number of rotatable bonds is 4. The number of carbonyl (C=O) groups is 1. The molecule has 0 radical (unpaired) electrons. The second kappa shape index (κ2) is 7.77. The zero-order valence-corrected chi connectivity index (χ0v) is 15.3. The maximum absolute atomic E-state index is 12.5. The molecule has 0 aliphatic rings. The van der Waals surface area contributed by atoms with Gasteiger partial charge in [0, 0.05) is 16.6 Å².